The van der Waals surface area contributed by atoms with Gasteiger partial charge in [-0.3, -0.25) is 9.55 Å². The molecule has 0 atom stereocenters. The van der Waals surface area contributed by atoms with Crippen molar-refractivity contribution in [1.29, 1.82) is 0 Å². The summed E-state index contributed by atoms with van der Waals surface area (Å²) in [6.07, 6.45) is 7.38. The maximum absolute atomic E-state index is 10.7. The Morgan fingerprint density at radius 3 is 2.07 bits per heavy atom. The minimum Gasteiger partial charge on any atom is -0.372 e. The molecule has 1 aliphatic carbocycles. The van der Waals surface area contributed by atoms with Gasteiger partial charge in [-0.25, -0.2) is 0 Å². The van der Waals surface area contributed by atoms with Gasteiger partial charge in [0, 0.05) is 0 Å². The third-order valence-corrected chi connectivity index (χ3v) is 3.28. The van der Waals surface area contributed by atoms with Gasteiger partial charge < -0.3 is 5.73 Å². The fraction of sp³-hybridized carbons (Fsp3) is 0.889. The van der Waals surface area contributed by atoms with Crippen LogP contribution in [-0.2, 0) is 10.1 Å². The van der Waals surface area contributed by atoms with E-state index in [9.17, 15) is 8.42 Å². The molecule has 0 amide bonds. The van der Waals surface area contributed by atoms with Crippen molar-refractivity contribution in [2.75, 3.05) is 0 Å². The number of hydrogen-bond donors (Lipinski definition) is 2. The van der Waals surface area contributed by atoms with Gasteiger partial charge in [-0.05, 0) is 12.8 Å². The minimum atomic E-state index is -4.30. The van der Waals surface area contributed by atoms with E-state index < -0.39 is 15.3 Å². The molecule has 6 heteroatoms. The largest absolute Gasteiger partial charge is 0.372 e. The summed E-state index contributed by atoms with van der Waals surface area (Å²) in [7, 11) is -4.30. The van der Waals surface area contributed by atoms with Crippen LogP contribution in [0.3, 0.4) is 0 Å². The van der Waals surface area contributed by atoms with Crippen LogP contribution in [0.25, 0.3) is 0 Å². The van der Waals surface area contributed by atoms with Crippen molar-refractivity contribution in [2.45, 2.75) is 51.0 Å². The molecule has 15 heavy (non-hydrogen) atoms. The van der Waals surface area contributed by atoms with Crippen LogP contribution in [0.15, 0.2) is 4.99 Å². The molecule has 0 aromatic heterocycles. The maximum Gasteiger partial charge on any atom is 0.327 e. The molecule has 1 aliphatic rings. The lowest BCUT2D eigenvalue weighted by Gasteiger charge is -2.15. The summed E-state index contributed by atoms with van der Waals surface area (Å²) in [5, 5.41) is -0.645. The molecule has 0 unspecified atom stereocenters. The van der Waals surface area contributed by atoms with Crippen LogP contribution >= 0.6 is 0 Å². The zero-order chi connectivity index (χ0) is 11.3. The van der Waals surface area contributed by atoms with E-state index in [-0.39, 0.29) is 6.04 Å². The summed E-state index contributed by atoms with van der Waals surface area (Å²) < 4.78 is 30.0. The lowest BCUT2D eigenvalue weighted by Crippen LogP contribution is -2.26. The molecule has 0 radical (unpaired) electrons. The number of nitrogens with two attached hydrogens (primary N) is 1. The molecule has 88 valence electrons. The zero-order valence-electron chi connectivity index (χ0n) is 8.72. The summed E-state index contributed by atoms with van der Waals surface area (Å²) >= 11 is 0. The average molecular weight is 234 g/mol. The molecule has 1 saturated carbocycles. The van der Waals surface area contributed by atoms with Crippen LogP contribution < -0.4 is 5.73 Å². The van der Waals surface area contributed by atoms with E-state index >= 15 is 0 Å². The first-order valence-corrected chi connectivity index (χ1v) is 6.75. The number of rotatable bonds is 1. The fourth-order valence-corrected chi connectivity index (χ4v) is 2.09. The van der Waals surface area contributed by atoms with Crippen LogP contribution in [0, 0.1) is 0 Å². The Hall–Kier alpha value is -0.620. The summed E-state index contributed by atoms with van der Waals surface area (Å²) in [6.45, 7) is 0. The molecule has 0 saturated heterocycles. The van der Waals surface area contributed by atoms with Crippen LogP contribution in [-0.4, -0.2) is 24.2 Å². The maximum atomic E-state index is 10.7. The van der Waals surface area contributed by atoms with Crippen LogP contribution in [0.2, 0.25) is 0 Å². The quantitative estimate of drug-likeness (QED) is 0.406. The second kappa shape index (κ2) is 5.46. The summed E-state index contributed by atoms with van der Waals surface area (Å²) in [4.78, 5) is 3.87. The fourth-order valence-electron chi connectivity index (χ4n) is 1.81. The summed E-state index contributed by atoms with van der Waals surface area (Å²) in [6, 6.07) is -0.0489. The summed E-state index contributed by atoms with van der Waals surface area (Å²) in [5.74, 6) is 0. The number of hydrogen-bond acceptors (Lipinski definition) is 3. The van der Waals surface area contributed by atoms with E-state index in [2.05, 4.69) is 4.99 Å². The monoisotopic (exact) mass is 234 g/mol. The van der Waals surface area contributed by atoms with Gasteiger partial charge in [-0.15, -0.1) is 0 Å². The van der Waals surface area contributed by atoms with Crippen molar-refractivity contribution >= 4 is 15.3 Å². The average Bonchev–Trinajstić information content (AvgIpc) is 2.07. The summed E-state index contributed by atoms with van der Waals surface area (Å²) in [5.41, 5.74) is 5.18. The molecule has 1 fully saturated rings. The van der Waals surface area contributed by atoms with Crippen molar-refractivity contribution in [3.8, 4) is 0 Å². The smallest absolute Gasteiger partial charge is 0.327 e. The highest BCUT2D eigenvalue weighted by Gasteiger charge is 2.15. The van der Waals surface area contributed by atoms with E-state index in [1.165, 1.54) is 6.42 Å². The highest BCUT2D eigenvalue weighted by molar-refractivity contribution is 8.01. The molecule has 0 heterocycles. The van der Waals surface area contributed by atoms with Gasteiger partial charge in [0.15, 0.2) is 0 Å². The predicted octanol–water partition coefficient (Wildman–Crippen LogP) is 1.30. The topological polar surface area (TPSA) is 92.8 Å². The van der Waals surface area contributed by atoms with Gasteiger partial charge in [0.1, 0.15) is 0 Å². The molecule has 0 aromatic rings. The van der Waals surface area contributed by atoms with E-state index in [0.717, 1.165) is 38.5 Å². The Balaban J connectivity index is 2.61. The number of aliphatic imine (C=N–C) groups is 1. The van der Waals surface area contributed by atoms with Gasteiger partial charge in [0.05, 0.1) is 6.04 Å². The molecule has 0 bridgehead atoms. The van der Waals surface area contributed by atoms with E-state index in [4.69, 9.17) is 10.3 Å². The van der Waals surface area contributed by atoms with Gasteiger partial charge in [0.2, 0.25) is 5.17 Å². The second-order valence-corrected chi connectivity index (χ2v) is 5.31. The van der Waals surface area contributed by atoms with Crippen molar-refractivity contribution in [3.05, 3.63) is 0 Å². The highest BCUT2D eigenvalue weighted by atomic mass is 32.2. The van der Waals surface area contributed by atoms with Gasteiger partial charge in [-0.1, -0.05) is 32.1 Å². The Labute approximate surface area is 90.5 Å². The molecule has 0 aromatic carbocycles. The predicted molar refractivity (Wildman–Crippen MR) is 59.3 cm³/mol. The third-order valence-electron chi connectivity index (χ3n) is 2.65. The van der Waals surface area contributed by atoms with E-state index in [1.807, 2.05) is 0 Å². The standard InChI is InChI=1S/C9H18N2O3S/c10-9(15(12,13)14)11-8-6-4-2-1-3-5-7-8/h8H,1-7H2,(H2,10,11)(H,12,13,14). The van der Waals surface area contributed by atoms with Crippen LogP contribution in [0.5, 0.6) is 0 Å². The SMILES string of the molecule is NC(=NC1CCCCCCC1)S(=O)(=O)O. The van der Waals surface area contributed by atoms with Gasteiger partial charge >= 0.3 is 10.1 Å². The van der Waals surface area contributed by atoms with Crippen molar-refractivity contribution in [3.63, 3.8) is 0 Å². The van der Waals surface area contributed by atoms with Crippen LogP contribution in [0.1, 0.15) is 44.9 Å². The van der Waals surface area contributed by atoms with Crippen molar-refractivity contribution in [2.24, 2.45) is 10.7 Å². The van der Waals surface area contributed by atoms with E-state index in [1.54, 1.807) is 0 Å². The Morgan fingerprint density at radius 1 is 1.13 bits per heavy atom. The molecule has 1 rings (SSSR count). The lowest BCUT2D eigenvalue weighted by molar-refractivity contribution is 0.454. The molecular weight excluding hydrogens is 216 g/mol. The van der Waals surface area contributed by atoms with Gasteiger partial charge in [0.25, 0.3) is 0 Å². The molecule has 0 spiro atoms. The van der Waals surface area contributed by atoms with E-state index in [0.29, 0.717) is 0 Å². The van der Waals surface area contributed by atoms with Gasteiger partial charge in [-0.2, -0.15) is 8.42 Å². The highest BCUT2D eigenvalue weighted by Crippen LogP contribution is 2.19. The molecule has 3 N–H and O–H groups in total. The minimum absolute atomic E-state index is 0.0489. The van der Waals surface area contributed by atoms with Crippen LogP contribution in [0.4, 0.5) is 0 Å². The first-order chi connectivity index (χ1) is 7.00. The zero-order valence-corrected chi connectivity index (χ0v) is 9.54. The Kier molecular flexibility index (Phi) is 4.53. The Morgan fingerprint density at radius 2 is 1.60 bits per heavy atom. The first-order valence-electron chi connectivity index (χ1n) is 5.31. The first kappa shape index (κ1) is 12.4. The Bertz CT molecular complexity index is 316. The van der Waals surface area contributed by atoms with Crippen molar-refractivity contribution in [1.82, 2.24) is 0 Å². The normalized spacial score (nSPS) is 22.1. The molecule has 5 nitrogen and oxygen atoms in total. The van der Waals surface area contributed by atoms with Crippen molar-refractivity contribution < 1.29 is 13.0 Å². The number of amidine groups is 1. The second-order valence-electron chi connectivity index (χ2n) is 3.94. The third kappa shape index (κ3) is 4.61. The number of nitrogens with zero attached hydrogens (tertiary/aromatic N) is 1. The lowest BCUT2D eigenvalue weighted by atomic mass is 9.97. The molecule has 0 aliphatic heterocycles. The molecular formula is C9H18N2O3S.